The van der Waals surface area contributed by atoms with Crippen LogP contribution in [-0.2, 0) is 0 Å². The average Bonchev–Trinajstić information content (AvgIpc) is 2.33. The van der Waals surface area contributed by atoms with Crippen molar-refractivity contribution in [2.45, 2.75) is 45.6 Å². The topological polar surface area (TPSA) is 12.0 Å². The fourth-order valence-corrected chi connectivity index (χ4v) is 3.55. The molecule has 0 spiro atoms. The fraction of sp³-hybridized carbons (Fsp3) is 0.600. The van der Waals surface area contributed by atoms with Crippen molar-refractivity contribution in [1.82, 2.24) is 0 Å². The summed E-state index contributed by atoms with van der Waals surface area (Å²) in [5.41, 5.74) is 1.16. The highest BCUT2D eigenvalue weighted by molar-refractivity contribution is 9.10. The van der Waals surface area contributed by atoms with Gasteiger partial charge in [0.15, 0.2) is 0 Å². The molecule has 0 atom stereocenters. The van der Waals surface area contributed by atoms with Crippen molar-refractivity contribution in [3.05, 3.63) is 27.7 Å². The Hall–Kier alpha value is -0.210. The van der Waals surface area contributed by atoms with E-state index >= 15 is 0 Å². The molecule has 100 valence electrons. The van der Waals surface area contributed by atoms with Gasteiger partial charge in [-0.05, 0) is 71.6 Å². The minimum Gasteiger partial charge on any atom is -0.381 e. The van der Waals surface area contributed by atoms with Crippen LogP contribution in [0.1, 0.15) is 39.5 Å². The standard InChI is InChI=1S/C15H21BrClN/c1-10(2)11-3-6-13(7-4-11)18-15-8-5-12(17)9-14(15)16/h5,8-11,13,18H,3-4,6-7H2,1-2H3. The number of hydrogen-bond donors (Lipinski definition) is 1. The molecule has 3 heteroatoms. The molecular formula is C15H21BrClN. The van der Waals surface area contributed by atoms with Crippen LogP contribution in [0.25, 0.3) is 0 Å². The predicted octanol–water partition coefficient (Wildman–Crippen LogP) is 5.73. The van der Waals surface area contributed by atoms with Crippen LogP contribution in [0.15, 0.2) is 22.7 Å². The van der Waals surface area contributed by atoms with Gasteiger partial charge < -0.3 is 5.32 Å². The molecule has 1 saturated carbocycles. The lowest BCUT2D eigenvalue weighted by Crippen LogP contribution is -2.28. The molecule has 1 aliphatic rings. The molecule has 0 radical (unpaired) electrons. The van der Waals surface area contributed by atoms with E-state index < -0.39 is 0 Å². The van der Waals surface area contributed by atoms with E-state index in [-0.39, 0.29) is 0 Å². The van der Waals surface area contributed by atoms with Crippen molar-refractivity contribution in [2.75, 3.05) is 5.32 Å². The molecular weight excluding hydrogens is 310 g/mol. The van der Waals surface area contributed by atoms with Crippen LogP contribution in [-0.4, -0.2) is 6.04 Å². The van der Waals surface area contributed by atoms with Crippen molar-refractivity contribution in [1.29, 1.82) is 0 Å². The first kappa shape index (κ1) is 14.2. The highest BCUT2D eigenvalue weighted by Crippen LogP contribution is 2.33. The van der Waals surface area contributed by atoms with Gasteiger partial charge in [-0.25, -0.2) is 0 Å². The molecule has 0 aromatic heterocycles. The molecule has 2 rings (SSSR count). The first-order valence-electron chi connectivity index (χ1n) is 6.78. The molecule has 18 heavy (non-hydrogen) atoms. The number of halogens is 2. The molecule has 0 saturated heterocycles. The third kappa shape index (κ3) is 3.64. The van der Waals surface area contributed by atoms with Gasteiger partial charge in [0.05, 0.1) is 0 Å². The zero-order valence-electron chi connectivity index (χ0n) is 11.0. The van der Waals surface area contributed by atoms with Crippen molar-refractivity contribution in [2.24, 2.45) is 11.8 Å². The normalized spacial score (nSPS) is 24.3. The Labute approximate surface area is 123 Å². The van der Waals surface area contributed by atoms with E-state index in [1.54, 1.807) is 0 Å². The van der Waals surface area contributed by atoms with Crippen LogP contribution < -0.4 is 5.32 Å². The quantitative estimate of drug-likeness (QED) is 0.746. The first-order valence-corrected chi connectivity index (χ1v) is 7.95. The average molecular weight is 331 g/mol. The number of anilines is 1. The van der Waals surface area contributed by atoms with Gasteiger partial charge in [0.1, 0.15) is 0 Å². The minimum atomic E-state index is 0.609. The molecule has 0 amide bonds. The fourth-order valence-electron chi connectivity index (χ4n) is 2.76. The van der Waals surface area contributed by atoms with Crippen molar-refractivity contribution < 1.29 is 0 Å². The van der Waals surface area contributed by atoms with E-state index in [0.717, 1.165) is 27.0 Å². The summed E-state index contributed by atoms with van der Waals surface area (Å²) in [5, 5.41) is 4.40. The van der Waals surface area contributed by atoms with E-state index in [4.69, 9.17) is 11.6 Å². The zero-order valence-corrected chi connectivity index (χ0v) is 13.4. The lowest BCUT2D eigenvalue weighted by Gasteiger charge is -2.32. The molecule has 1 N–H and O–H groups in total. The summed E-state index contributed by atoms with van der Waals surface area (Å²) in [6, 6.07) is 6.55. The Morgan fingerprint density at radius 2 is 1.89 bits per heavy atom. The van der Waals surface area contributed by atoms with E-state index in [1.165, 1.54) is 25.7 Å². The van der Waals surface area contributed by atoms with Crippen LogP contribution in [0.4, 0.5) is 5.69 Å². The Balaban J connectivity index is 1.91. The molecule has 1 fully saturated rings. The van der Waals surface area contributed by atoms with Gasteiger partial charge in [-0.3, -0.25) is 0 Å². The summed E-state index contributed by atoms with van der Waals surface area (Å²) < 4.78 is 1.06. The molecule has 0 aliphatic heterocycles. The Bertz CT molecular complexity index is 397. The molecule has 1 aromatic rings. The Morgan fingerprint density at radius 3 is 2.44 bits per heavy atom. The highest BCUT2D eigenvalue weighted by Gasteiger charge is 2.23. The largest absolute Gasteiger partial charge is 0.381 e. The third-order valence-electron chi connectivity index (χ3n) is 4.01. The SMILES string of the molecule is CC(C)C1CCC(Nc2ccc(Cl)cc2Br)CC1. The minimum absolute atomic E-state index is 0.609. The Morgan fingerprint density at radius 1 is 1.22 bits per heavy atom. The second-order valence-electron chi connectivity index (χ2n) is 5.62. The third-order valence-corrected chi connectivity index (χ3v) is 4.90. The maximum absolute atomic E-state index is 5.96. The van der Waals surface area contributed by atoms with E-state index in [9.17, 15) is 0 Å². The molecule has 1 aromatic carbocycles. The zero-order chi connectivity index (χ0) is 13.1. The second-order valence-corrected chi connectivity index (χ2v) is 6.91. The molecule has 0 bridgehead atoms. The summed E-state index contributed by atoms with van der Waals surface area (Å²) in [4.78, 5) is 0. The summed E-state index contributed by atoms with van der Waals surface area (Å²) >= 11 is 9.52. The second kappa shape index (κ2) is 6.29. The van der Waals surface area contributed by atoms with E-state index in [0.29, 0.717) is 6.04 Å². The van der Waals surface area contributed by atoms with Crippen molar-refractivity contribution in [3.63, 3.8) is 0 Å². The molecule has 1 nitrogen and oxygen atoms in total. The smallest absolute Gasteiger partial charge is 0.0487 e. The van der Waals surface area contributed by atoms with Gasteiger partial charge in [0.2, 0.25) is 0 Å². The van der Waals surface area contributed by atoms with Gasteiger partial charge in [-0.2, -0.15) is 0 Å². The van der Waals surface area contributed by atoms with Gasteiger partial charge in [-0.1, -0.05) is 25.4 Å². The summed E-state index contributed by atoms with van der Waals surface area (Å²) in [5.74, 6) is 1.74. The number of benzene rings is 1. The van der Waals surface area contributed by atoms with Gasteiger partial charge >= 0.3 is 0 Å². The molecule has 0 heterocycles. The van der Waals surface area contributed by atoms with E-state index in [2.05, 4.69) is 41.2 Å². The van der Waals surface area contributed by atoms with Crippen LogP contribution in [0, 0.1) is 11.8 Å². The summed E-state index contributed by atoms with van der Waals surface area (Å²) in [7, 11) is 0. The lowest BCUT2D eigenvalue weighted by molar-refractivity contribution is 0.267. The number of nitrogens with one attached hydrogen (secondary N) is 1. The van der Waals surface area contributed by atoms with Crippen LogP contribution in [0.3, 0.4) is 0 Å². The predicted molar refractivity (Wildman–Crippen MR) is 83.4 cm³/mol. The summed E-state index contributed by atoms with van der Waals surface area (Å²) in [6.07, 6.45) is 5.25. The number of hydrogen-bond acceptors (Lipinski definition) is 1. The van der Waals surface area contributed by atoms with Crippen molar-refractivity contribution in [3.8, 4) is 0 Å². The molecule has 0 unspecified atom stereocenters. The number of rotatable bonds is 3. The molecule has 1 aliphatic carbocycles. The van der Waals surface area contributed by atoms with E-state index in [1.807, 2.05) is 12.1 Å². The Kier molecular flexibility index (Phi) is 4.97. The summed E-state index contributed by atoms with van der Waals surface area (Å²) in [6.45, 7) is 4.68. The lowest BCUT2D eigenvalue weighted by atomic mass is 9.79. The monoisotopic (exact) mass is 329 g/mol. The first-order chi connectivity index (χ1) is 8.56. The van der Waals surface area contributed by atoms with Crippen LogP contribution >= 0.6 is 27.5 Å². The van der Waals surface area contributed by atoms with Gasteiger partial charge in [0, 0.05) is 21.2 Å². The van der Waals surface area contributed by atoms with Crippen LogP contribution in [0.5, 0.6) is 0 Å². The maximum Gasteiger partial charge on any atom is 0.0487 e. The van der Waals surface area contributed by atoms with Crippen LogP contribution in [0.2, 0.25) is 5.02 Å². The van der Waals surface area contributed by atoms with Gasteiger partial charge in [0.25, 0.3) is 0 Å². The highest BCUT2D eigenvalue weighted by atomic mass is 79.9. The van der Waals surface area contributed by atoms with Gasteiger partial charge in [-0.15, -0.1) is 0 Å². The van der Waals surface area contributed by atoms with Crippen molar-refractivity contribution >= 4 is 33.2 Å². The maximum atomic E-state index is 5.96.